The van der Waals surface area contributed by atoms with Gasteiger partial charge in [0.05, 0.1) is 29.0 Å². The van der Waals surface area contributed by atoms with Gasteiger partial charge in [-0.1, -0.05) is 42.5 Å². The Labute approximate surface area is 370 Å². The minimum absolute atomic E-state index is 0.0373. The van der Waals surface area contributed by atoms with Gasteiger partial charge in [0.2, 0.25) is 17.5 Å². The molecule has 5 rings (SSSR count). The molecule has 2 aromatic rings. The number of rotatable bonds is 11. The van der Waals surface area contributed by atoms with Gasteiger partial charge in [-0.25, -0.2) is 5.26 Å². The van der Waals surface area contributed by atoms with Crippen LogP contribution < -0.4 is 15.5 Å². The number of fused-ring (bicyclic) bond motifs is 5. The SMILES string of the molecule is CCOC(=O)CCCCCN1\C2=C/C=C/C=C/C3=[N+](CCCCCC(=O)NCCNC(=O)CCCCCC2(C)c2cc(S(=O)(=O)O)ccc21)c1ccc(SOOO)cc1C3(C)C. The summed E-state index contributed by atoms with van der Waals surface area (Å²) in [5.74, 6) is -0.320. The molecule has 0 fully saturated rings. The molecule has 0 saturated heterocycles. The zero-order chi connectivity index (χ0) is 44.8. The van der Waals surface area contributed by atoms with E-state index in [-0.39, 0.29) is 22.7 Å². The summed E-state index contributed by atoms with van der Waals surface area (Å²) in [6.45, 7) is 10.7. The van der Waals surface area contributed by atoms with E-state index >= 15 is 0 Å². The van der Waals surface area contributed by atoms with Gasteiger partial charge < -0.3 is 20.3 Å². The normalized spacial score (nSPS) is 22.4. The Morgan fingerprint density at radius 1 is 0.887 bits per heavy atom. The van der Waals surface area contributed by atoms with Crippen molar-refractivity contribution in [2.45, 2.75) is 132 Å². The molecule has 0 spiro atoms. The summed E-state index contributed by atoms with van der Waals surface area (Å²) in [5.41, 5.74) is 4.88. The Morgan fingerprint density at radius 2 is 1.61 bits per heavy atom. The van der Waals surface area contributed by atoms with Gasteiger partial charge in [-0.15, -0.1) is 4.33 Å². The molecule has 62 heavy (non-hydrogen) atoms. The second-order valence-corrected chi connectivity index (χ2v) is 18.9. The number of amides is 2. The fourth-order valence-electron chi connectivity index (χ4n) is 8.76. The lowest BCUT2D eigenvalue weighted by molar-refractivity contribution is -0.438. The van der Waals surface area contributed by atoms with Crippen molar-refractivity contribution in [1.29, 1.82) is 0 Å². The molecule has 14 nitrogen and oxygen atoms in total. The quantitative estimate of drug-likeness (QED) is 0.0322. The zero-order valence-corrected chi connectivity index (χ0v) is 38.1. The van der Waals surface area contributed by atoms with Gasteiger partial charge in [-0.3, -0.25) is 18.9 Å². The number of anilines is 1. The fourth-order valence-corrected chi connectivity index (χ4v) is 9.66. The monoisotopic (exact) mass is 895 g/mol. The molecule has 2 aromatic carbocycles. The number of hydrogen-bond acceptors (Lipinski definition) is 11. The lowest BCUT2D eigenvalue weighted by Crippen LogP contribution is -2.34. The molecule has 16 heteroatoms. The number of carbonyl (C=O) groups excluding carboxylic acids is 3. The van der Waals surface area contributed by atoms with E-state index in [9.17, 15) is 27.4 Å². The Morgan fingerprint density at radius 3 is 2.31 bits per heavy atom. The van der Waals surface area contributed by atoms with Crippen LogP contribution in [0.15, 0.2) is 82.3 Å². The molecule has 0 radical (unpaired) electrons. The Hall–Kier alpha value is -4.32. The van der Waals surface area contributed by atoms with Crippen LogP contribution in [0.3, 0.4) is 0 Å². The zero-order valence-electron chi connectivity index (χ0n) is 36.5. The Balaban J connectivity index is 1.50. The molecule has 0 bridgehead atoms. The van der Waals surface area contributed by atoms with Crippen LogP contribution in [0.25, 0.3) is 0 Å². The smallest absolute Gasteiger partial charge is 0.305 e. The van der Waals surface area contributed by atoms with Crippen molar-refractivity contribution in [3.05, 3.63) is 83.6 Å². The molecule has 0 aromatic heterocycles. The third-order valence-electron chi connectivity index (χ3n) is 12.0. The molecule has 0 aliphatic carbocycles. The molecule has 2 amide bonds. The first-order chi connectivity index (χ1) is 29.7. The second-order valence-electron chi connectivity index (χ2n) is 16.7. The predicted molar refractivity (Wildman–Crippen MR) is 240 cm³/mol. The maximum absolute atomic E-state index is 12.7. The molecular weight excluding hydrogens is 833 g/mol. The van der Waals surface area contributed by atoms with Crippen molar-refractivity contribution in [3.8, 4) is 0 Å². The number of carbonyl (C=O) groups is 3. The van der Waals surface area contributed by atoms with Gasteiger partial charge in [0.15, 0.2) is 5.71 Å². The maximum Gasteiger partial charge on any atom is 0.305 e. The molecule has 3 aliphatic heterocycles. The van der Waals surface area contributed by atoms with Crippen molar-refractivity contribution >= 4 is 57.0 Å². The first-order valence-corrected chi connectivity index (χ1v) is 24.0. The summed E-state index contributed by atoms with van der Waals surface area (Å²) in [4.78, 5) is 40.1. The number of nitrogens with one attached hydrogen (secondary N) is 2. The van der Waals surface area contributed by atoms with Crippen molar-refractivity contribution in [3.63, 3.8) is 0 Å². The molecular formula is C46H63N4O10S2+. The number of unbranched alkanes of at least 4 members (excludes halogenated alkanes) is 2. The van der Waals surface area contributed by atoms with E-state index in [0.717, 1.165) is 102 Å². The van der Waals surface area contributed by atoms with Crippen molar-refractivity contribution in [2.24, 2.45) is 0 Å². The van der Waals surface area contributed by atoms with Crippen LogP contribution >= 0.6 is 12.0 Å². The van der Waals surface area contributed by atoms with Crippen LogP contribution in [0.4, 0.5) is 11.4 Å². The molecule has 1 atom stereocenters. The number of nitrogens with zero attached hydrogens (tertiary/aromatic N) is 2. The highest BCUT2D eigenvalue weighted by Crippen LogP contribution is 2.51. The van der Waals surface area contributed by atoms with Gasteiger partial charge in [0.1, 0.15) is 6.54 Å². The van der Waals surface area contributed by atoms with Gasteiger partial charge in [-0.2, -0.15) is 13.0 Å². The van der Waals surface area contributed by atoms with E-state index in [0.29, 0.717) is 64.8 Å². The van der Waals surface area contributed by atoms with Crippen LogP contribution in [0, 0.1) is 0 Å². The van der Waals surface area contributed by atoms with E-state index in [4.69, 9.17) is 14.3 Å². The van der Waals surface area contributed by atoms with Gasteiger partial charge in [-0.05, 0) is 108 Å². The summed E-state index contributed by atoms with van der Waals surface area (Å²) in [6.07, 6.45) is 18.9. The average Bonchev–Trinajstić information content (AvgIpc) is 3.59. The fraction of sp³-hybridized carbons (Fsp3) is 0.522. The number of esters is 1. The Bertz CT molecular complexity index is 2150. The maximum atomic E-state index is 12.7. The third-order valence-corrected chi connectivity index (χ3v) is 13.4. The van der Waals surface area contributed by atoms with Gasteiger partial charge in [0, 0.05) is 84.7 Å². The summed E-state index contributed by atoms with van der Waals surface area (Å²) >= 11 is 0.918. The Kier molecular flexibility index (Phi) is 18.0. The van der Waals surface area contributed by atoms with E-state index in [1.165, 1.54) is 6.07 Å². The van der Waals surface area contributed by atoms with Crippen molar-refractivity contribution in [2.75, 3.05) is 37.7 Å². The van der Waals surface area contributed by atoms with Crippen LogP contribution in [-0.4, -0.2) is 79.1 Å². The minimum atomic E-state index is -4.48. The largest absolute Gasteiger partial charge is 0.466 e. The number of hydrogen-bond donors (Lipinski definition) is 4. The summed E-state index contributed by atoms with van der Waals surface area (Å²) in [5, 5.41) is 18.4. The molecule has 3 heterocycles. The summed E-state index contributed by atoms with van der Waals surface area (Å²) in [7, 11) is -4.48. The molecule has 1 unspecified atom stereocenters. The number of ether oxygens (including phenoxy) is 1. The minimum Gasteiger partial charge on any atom is -0.466 e. The highest BCUT2D eigenvalue weighted by atomic mass is 32.2. The van der Waals surface area contributed by atoms with Crippen molar-refractivity contribution in [1.82, 2.24) is 10.6 Å². The van der Waals surface area contributed by atoms with Crippen LogP contribution in [0.5, 0.6) is 0 Å². The lowest BCUT2D eigenvalue weighted by atomic mass is 9.77. The number of benzene rings is 2. The lowest BCUT2D eigenvalue weighted by Gasteiger charge is -2.30. The standard InChI is InChI=1S/C46H62N4O10S2/c1-5-58-44(53)22-14-9-17-31-50-39-26-24-35(62(55,56)57)33-37(39)46(4)27-15-7-12-20-42(51)47-28-29-48-43(52)21-13-8-16-30-49-38-25-23-34(61-60-59-54)32-36(38)45(2,3)40(49)18-10-6-11-19-41(46)50/h6,10-11,18-19,23-26,32-33H,5,7-9,12-17,20-22,27-31H2,1-4H3,(H3-,47,48,51,52,54,55,56,57)/p+1. The highest BCUT2D eigenvalue weighted by molar-refractivity contribution is 7.94. The van der Waals surface area contributed by atoms with E-state index in [1.54, 1.807) is 19.1 Å². The summed E-state index contributed by atoms with van der Waals surface area (Å²) < 4.78 is 47.2. The second kappa shape index (κ2) is 22.9. The average molecular weight is 896 g/mol. The molecule has 4 N–H and O–H groups in total. The highest BCUT2D eigenvalue weighted by Gasteiger charge is 2.45. The topological polar surface area (TPSA) is 184 Å². The molecule has 0 saturated carbocycles. The van der Waals surface area contributed by atoms with Crippen LogP contribution in [0.2, 0.25) is 0 Å². The number of allylic oxidation sites excluding steroid dienone is 6. The first-order valence-electron chi connectivity index (χ1n) is 21.8. The van der Waals surface area contributed by atoms with E-state index in [1.807, 2.05) is 36.4 Å². The third kappa shape index (κ3) is 12.7. The van der Waals surface area contributed by atoms with Crippen LogP contribution in [0.1, 0.15) is 122 Å². The molecule has 3 aliphatic rings. The van der Waals surface area contributed by atoms with Gasteiger partial charge in [0.25, 0.3) is 10.1 Å². The summed E-state index contributed by atoms with van der Waals surface area (Å²) in [6, 6.07) is 10.8. The van der Waals surface area contributed by atoms with Gasteiger partial charge >= 0.3 is 5.97 Å². The van der Waals surface area contributed by atoms with Crippen LogP contribution in [-0.2, 0) is 49.4 Å². The first kappa shape index (κ1) is 48.7. The molecule has 338 valence electrons. The van der Waals surface area contributed by atoms with Crippen molar-refractivity contribution < 1.29 is 51.3 Å². The van der Waals surface area contributed by atoms with E-state index in [2.05, 4.69) is 58.1 Å². The predicted octanol–water partition coefficient (Wildman–Crippen LogP) is 8.39. The van der Waals surface area contributed by atoms with E-state index < -0.39 is 20.9 Å².